The number of hydrogen-bond donors (Lipinski definition) is 2. The third-order valence-electron chi connectivity index (χ3n) is 1.35. The fourth-order valence-corrected chi connectivity index (χ4v) is 0.655. The van der Waals surface area contributed by atoms with E-state index >= 15 is 0 Å². The number of alkyl halides is 3. The minimum absolute atomic E-state index is 0.0938. The van der Waals surface area contributed by atoms with E-state index in [4.69, 9.17) is 5.73 Å². The maximum atomic E-state index is 11.7. The smallest absolute Gasteiger partial charge is 0.350 e. The number of carbonyl (C=O) groups excluding carboxylic acids is 1. The van der Waals surface area contributed by atoms with Crippen LogP contribution in [-0.2, 0) is 4.79 Å². The van der Waals surface area contributed by atoms with Gasteiger partial charge in [0.1, 0.15) is 6.42 Å². The molecule has 0 saturated heterocycles. The Labute approximate surface area is 74.5 Å². The van der Waals surface area contributed by atoms with Crippen molar-refractivity contribution in [3.05, 3.63) is 0 Å². The molecule has 13 heavy (non-hydrogen) atoms. The molecule has 0 unspecified atom stereocenters. The molecule has 0 aromatic carbocycles. The van der Waals surface area contributed by atoms with Gasteiger partial charge in [-0.05, 0) is 13.8 Å². The van der Waals surface area contributed by atoms with Gasteiger partial charge in [-0.25, -0.2) is 0 Å². The van der Waals surface area contributed by atoms with Crippen LogP contribution >= 0.6 is 0 Å². The number of amides is 1. The lowest BCUT2D eigenvalue weighted by molar-refractivity contribution is -0.154. The van der Waals surface area contributed by atoms with E-state index in [-0.39, 0.29) is 6.54 Å². The second-order valence-corrected chi connectivity index (χ2v) is 3.43. The van der Waals surface area contributed by atoms with Crippen molar-refractivity contribution in [1.82, 2.24) is 5.32 Å². The second-order valence-electron chi connectivity index (χ2n) is 3.43. The van der Waals surface area contributed by atoms with E-state index in [1.54, 1.807) is 13.8 Å². The van der Waals surface area contributed by atoms with Gasteiger partial charge in [-0.3, -0.25) is 4.79 Å². The van der Waals surface area contributed by atoms with Crippen LogP contribution in [0.15, 0.2) is 0 Å². The highest BCUT2D eigenvalue weighted by Crippen LogP contribution is 2.19. The maximum absolute atomic E-state index is 11.7. The van der Waals surface area contributed by atoms with E-state index in [1.807, 2.05) is 0 Å². The average molecular weight is 198 g/mol. The predicted octanol–water partition coefficient (Wildman–Crippen LogP) is 0.792. The van der Waals surface area contributed by atoms with Gasteiger partial charge in [-0.1, -0.05) is 0 Å². The Balaban J connectivity index is 4.03. The SMILES string of the molecule is CC(C)(CN)NC(=O)CC(F)(F)F. The highest BCUT2D eigenvalue weighted by molar-refractivity contribution is 5.77. The molecule has 0 aliphatic carbocycles. The number of rotatable bonds is 3. The lowest BCUT2D eigenvalue weighted by atomic mass is 10.1. The van der Waals surface area contributed by atoms with Crippen molar-refractivity contribution in [2.75, 3.05) is 6.54 Å². The first kappa shape index (κ1) is 12.2. The molecule has 1 amide bonds. The zero-order valence-corrected chi connectivity index (χ0v) is 7.53. The van der Waals surface area contributed by atoms with Gasteiger partial charge in [0.05, 0.1) is 0 Å². The Morgan fingerprint density at radius 3 is 2.15 bits per heavy atom. The summed E-state index contributed by atoms with van der Waals surface area (Å²) < 4.78 is 35.1. The van der Waals surface area contributed by atoms with Crippen molar-refractivity contribution in [1.29, 1.82) is 0 Å². The summed E-state index contributed by atoms with van der Waals surface area (Å²) in [7, 11) is 0. The monoisotopic (exact) mass is 198 g/mol. The Bertz CT molecular complexity index is 189. The summed E-state index contributed by atoms with van der Waals surface area (Å²) in [5.74, 6) is -1.05. The first-order valence-electron chi connectivity index (χ1n) is 3.74. The van der Waals surface area contributed by atoms with Gasteiger partial charge in [0, 0.05) is 12.1 Å². The molecule has 3 N–H and O–H groups in total. The zero-order valence-electron chi connectivity index (χ0n) is 7.53. The molecule has 0 aliphatic rings. The quantitative estimate of drug-likeness (QED) is 0.704. The molecule has 6 heteroatoms. The van der Waals surface area contributed by atoms with E-state index in [0.717, 1.165) is 0 Å². The molecule has 0 radical (unpaired) electrons. The van der Waals surface area contributed by atoms with Crippen molar-refractivity contribution in [3.63, 3.8) is 0 Å². The number of halogens is 3. The summed E-state index contributed by atoms with van der Waals surface area (Å²) in [6.07, 6.45) is -5.93. The minimum atomic E-state index is -4.46. The van der Waals surface area contributed by atoms with Crippen LogP contribution in [0.25, 0.3) is 0 Å². The molecule has 78 valence electrons. The van der Waals surface area contributed by atoms with Crippen molar-refractivity contribution >= 4 is 5.91 Å². The zero-order chi connectivity index (χ0) is 10.7. The summed E-state index contributed by atoms with van der Waals surface area (Å²) in [6.45, 7) is 3.21. The first-order valence-corrected chi connectivity index (χ1v) is 3.74. The van der Waals surface area contributed by atoms with Gasteiger partial charge < -0.3 is 11.1 Å². The molecule has 0 spiro atoms. The number of nitrogens with two attached hydrogens (primary N) is 1. The molecular weight excluding hydrogens is 185 g/mol. The Morgan fingerprint density at radius 2 is 1.85 bits per heavy atom. The Kier molecular flexibility index (Phi) is 3.71. The molecular formula is C7H13F3N2O. The second kappa shape index (κ2) is 3.95. The molecule has 0 aromatic heterocycles. The number of hydrogen-bond acceptors (Lipinski definition) is 2. The fourth-order valence-electron chi connectivity index (χ4n) is 0.655. The maximum Gasteiger partial charge on any atom is 0.397 e. The van der Waals surface area contributed by atoms with Crippen LogP contribution in [0.2, 0.25) is 0 Å². The lowest BCUT2D eigenvalue weighted by Crippen LogP contribution is -2.49. The lowest BCUT2D eigenvalue weighted by Gasteiger charge is -2.24. The van der Waals surface area contributed by atoms with E-state index in [0.29, 0.717) is 0 Å². The molecule has 0 rings (SSSR count). The first-order chi connectivity index (χ1) is 5.66. The van der Waals surface area contributed by atoms with Gasteiger partial charge in [0.25, 0.3) is 0 Å². The van der Waals surface area contributed by atoms with E-state index < -0.39 is 24.0 Å². The van der Waals surface area contributed by atoms with E-state index in [1.165, 1.54) is 0 Å². The van der Waals surface area contributed by atoms with Crippen molar-refractivity contribution in [2.24, 2.45) is 5.73 Å². The van der Waals surface area contributed by atoms with Crippen LogP contribution in [0.1, 0.15) is 20.3 Å². The van der Waals surface area contributed by atoms with Crippen molar-refractivity contribution in [2.45, 2.75) is 32.0 Å². The Hall–Kier alpha value is -0.780. The van der Waals surface area contributed by atoms with Gasteiger partial charge in [0.2, 0.25) is 5.91 Å². The molecule has 0 bridgehead atoms. The topological polar surface area (TPSA) is 55.1 Å². The van der Waals surface area contributed by atoms with Gasteiger partial charge >= 0.3 is 6.18 Å². The highest BCUT2D eigenvalue weighted by atomic mass is 19.4. The van der Waals surface area contributed by atoms with Crippen molar-refractivity contribution < 1.29 is 18.0 Å². The standard InChI is InChI=1S/C7H13F3N2O/c1-6(2,4-11)12-5(13)3-7(8,9)10/h3-4,11H2,1-2H3,(H,12,13). The Morgan fingerprint density at radius 1 is 1.38 bits per heavy atom. The summed E-state index contributed by atoms with van der Waals surface area (Å²) >= 11 is 0. The van der Waals surface area contributed by atoms with Gasteiger partial charge in [0.15, 0.2) is 0 Å². The molecule has 0 fully saturated rings. The molecule has 0 atom stereocenters. The van der Waals surface area contributed by atoms with Crippen LogP contribution in [-0.4, -0.2) is 24.2 Å². The van der Waals surface area contributed by atoms with Crippen LogP contribution in [0.5, 0.6) is 0 Å². The molecule has 0 aromatic rings. The van der Waals surface area contributed by atoms with Crippen molar-refractivity contribution in [3.8, 4) is 0 Å². The summed E-state index contributed by atoms with van der Waals surface area (Å²) in [4.78, 5) is 10.7. The normalized spacial score (nSPS) is 12.8. The molecule has 0 aliphatic heterocycles. The van der Waals surface area contributed by atoms with Crippen LogP contribution < -0.4 is 11.1 Å². The predicted molar refractivity (Wildman–Crippen MR) is 41.9 cm³/mol. The summed E-state index contributed by atoms with van der Waals surface area (Å²) in [5, 5.41) is 2.18. The molecule has 0 saturated carbocycles. The number of carbonyl (C=O) groups is 1. The van der Waals surface area contributed by atoms with Crippen LogP contribution in [0.4, 0.5) is 13.2 Å². The molecule has 3 nitrogen and oxygen atoms in total. The van der Waals surface area contributed by atoms with E-state index in [2.05, 4.69) is 5.32 Å². The molecule has 0 heterocycles. The summed E-state index contributed by atoms with van der Waals surface area (Å²) in [5.41, 5.74) is 4.43. The fraction of sp³-hybridized carbons (Fsp3) is 0.857. The van der Waals surface area contributed by atoms with Crippen LogP contribution in [0, 0.1) is 0 Å². The minimum Gasteiger partial charge on any atom is -0.350 e. The van der Waals surface area contributed by atoms with Gasteiger partial charge in [-0.15, -0.1) is 0 Å². The van der Waals surface area contributed by atoms with E-state index in [9.17, 15) is 18.0 Å². The summed E-state index contributed by atoms with van der Waals surface area (Å²) in [6, 6.07) is 0. The van der Waals surface area contributed by atoms with Crippen LogP contribution in [0.3, 0.4) is 0 Å². The largest absolute Gasteiger partial charge is 0.397 e. The van der Waals surface area contributed by atoms with Gasteiger partial charge in [-0.2, -0.15) is 13.2 Å². The average Bonchev–Trinajstić information content (AvgIpc) is 1.81. The third-order valence-corrected chi connectivity index (χ3v) is 1.35. The third kappa shape index (κ3) is 6.39. The number of nitrogens with one attached hydrogen (secondary N) is 1. The highest BCUT2D eigenvalue weighted by Gasteiger charge is 2.32.